The van der Waals surface area contributed by atoms with Crippen molar-refractivity contribution in [3.8, 4) is 0 Å². The standard InChI is InChI=1S/C64H96O56/c65-25(66)9-97-1-17-49-33(81)41(89)57(105-17)114-50-18(2-98-10-26(67)68)107-59(43(91)35(50)83)116-52-20(4-100-12-28(71)72)109-61(45(93)37(52)85)118-54-22(6-102-14-30(75)76)111-63(47(95)39(54)87)120-56-24(8-104-16-32(79)80)112-64(48(96)40(56)88)119-55-23(7-103-15-31(77)78)110-62(46(94)38(55)86)117-53-21(5-101-13-29(73)74)108-60(44(92)36(53)84)115-51-19(3-99-11-27(69)70)106-58(113-49)42(90)34(51)82/h17-24,33-64,81-96H,1-16H2,(H,65,66)(H,67,68)(H,69,70)(H,71,72)(H,73,74)(H,75,76)(H,77,78)(H,79,80)/t17-,18-,19-,20-,21-,22-,23-,24-,33-,34-,35-,36-,37-,38-,39-,40-,41-,42-,43-,44-,45-,46-,47-,48-,49-,50-,51-,52-,53-,54-,55-,56-,57-,58-,59-,60-,61-,62-,63-,64-/m1/s1. The molecule has 0 aromatic heterocycles. The average molecular weight is 1760 g/mol. The van der Waals surface area contributed by atoms with E-state index in [1.54, 1.807) is 0 Å². The number of aliphatic carboxylic acids is 8. The van der Waals surface area contributed by atoms with Crippen LogP contribution in [0.1, 0.15) is 0 Å². The van der Waals surface area contributed by atoms with E-state index in [1.165, 1.54) is 0 Å². The lowest BCUT2D eigenvalue weighted by atomic mass is 9.94. The van der Waals surface area contributed by atoms with E-state index in [0.717, 1.165) is 0 Å². The predicted molar refractivity (Wildman–Crippen MR) is 352 cm³/mol. The van der Waals surface area contributed by atoms with Crippen LogP contribution in [0.4, 0.5) is 0 Å². The Kier molecular flexibility index (Phi) is 36.6. The molecule has 0 aromatic rings. The van der Waals surface area contributed by atoms with Crippen molar-refractivity contribution < 1.29 is 275 Å². The molecule has 56 heteroatoms. The highest BCUT2D eigenvalue weighted by Gasteiger charge is 2.61. The maximum Gasteiger partial charge on any atom is 0.329 e. The third-order valence-corrected chi connectivity index (χ3v) is 19.5. The van der Waals surface area contributed by atoms with E-state index < -0.39 is 399 Å². The van der Waals surface area contributed by atoms with Gasteiger partial charge in [-0.15, -0.1) is 0 Å². The van der Waals surface area contributed by atoms with Gasteiger partial charge in [0.1, 0.15) is 248 Å². The molecule has 0 spiro atoms. The van der Waals surface area contributed by atoms with Crippen LogP contribution in [-0.4, -0.2) is 522 Å². The van der Waals surface area contributed by atoms with Gasteiger partial charge >= 0.3 is 47.8 Å². The van der Waals surface area contributed by atoms with Crippen LogP contribution in [0.2, 0.25) is 0 Å². The van der Waals surface area contributed by atoms with Crippen molar-refractivity contribution in [3.63, 3.8) is 0 Å². The molecule has 30 aliphatic rings. The van der Waals surface area contributed by atoms with Crippen LogP contribution in [0.3, 0.4) is 0 Å². The molecule has 688 valence electrons. The third-order valence-electron chi connectivity index (χ3n) is 19.5. The van der Waals surface area contributed by atoms with Crippen LogP contribution in [0.25, 0.3) is 0 Å². The fraction of sp³-hybridized carbons (Fsp3) is 0.875. The van der Waals surface area contributed by atoms with E-state index in [2.05, 4.69) is 0 Å². The number of carboxylic acid groups (broad SMARTS) is 8. The molecule has 24 N–H and O–H groups in total. The Morgan fingerprint density at radius 2 is 0.250 bits per heavy atom. The van der Waals surface area contributed by atoms with E-state index in [4.69, 9.17) is 114 Å². The van der Waals surface area contributed by atoms with Crippen LogP contribution in [0.15, 0.2) is 0 Å². The van der Waals surface area contributed by atoms with Crippen LogP contribution in [0.5, 0.6) is 0 Å². The SMILES string of the molecule is O=C(O)COC[C@H]1O[C@@H]2O[C@H]3[C@H](O)[C@@H](O)[C@@H](O[C@H]4[C@H](O)[C@@H](O)[C@@H](O[C@H]5[C@H](O)[C@@H](O)[C@@H](O[C@H]6[C@H](O)[C@@H](O)[C@@H](O[C@H]7[C@H](O)[C@@H](O)[C@@H](O[C@H]8[C@H](O)[C@@H](O)[C@@H](O[C@H]9[C@H](O)[C@@H](O)[C@@H](O[C@H]1[C@H](O)[C@H]2O)O[C@@H]9COCC(=O)O)O[C@@H]8COCC(=O)O)O[C@@H]7COCC(=O)O)O[C@@H]6COCC(=O)O)O[C@@H]5COCC(=O)O)O[C@@H]4COCC(=O)O)O[C@@H]3COCC(=O)O. The maximum atomic E-state index is 12.0. The first kappa shape index (κ1) is 98.0. The van der Waals surface area contributed by atoms with Gasteiger partial charge in [0.25, 0.3) is 0 Å². The Morgan fingerprint density at radius 3 is 0.333 bits per heavy atom. The first-order chi connectivity index (χ1) is 56.7. The molecule has 0 unspecified atom stereocenters. The monoisotopic (exact) mass is 1760 g/mol. The van der Waals surface area contributed by atoms with Crippen molar-refractivity contribution in [2.24, 2.45) is 0 Å². The summed E-state index contributed by atoms with van der Waals surface area (Å²) in [6, 6.07) is 0. The molecule has 30 rings (SSSR count). The number of carbonyl (C=O) groups is 8. The summed E-state index contributed by atoms with van der Waals surface area (Å²) in [5.41, 5.74) is 0. The average Bonchev–Trinajstić information content (AvgIpc) is 0.771. The first-order valence-electron chi connectivity index (χ1n) is 36.5. The van der Waals surface area contributed by atoms with Crippen molar-refractivity contribution in [1.29, 1.82) is 0 Å². The van der Waals surface area contributed by atoms with Crippen molar-refractivity contribution in [1.82, 2.24) is 0 Å². The molecule has 30 heterocycles. The second-order valence-electron chi connectivity index (χ2n) is 28.3. The summed E-state index contributed by atoms with van der Waals surface area (Å²) in [7, 11) is 0. The number of ether oxygens (including phenoxy) is 24. The highest BCUT2D eigenvalue weighted by molar-refractivity contribution is 5.70. The van der Waals surface area contributed by atoms with Gasteiger partial charge in [-0.25, -0.2) is 38.4 Å². The summed E-state index contributed by atoms with van der Waals surface area (Å²) in [4.78, 5) is 94.2. The molecule has 16 bridgehead atoms. The number of carboxylic acids is 8. The highest BCUT2D eigenvalue weighted by Crippen LogP contribution is 2.41. The van der Waals surface area contributed by atoms with Gasteiger partial charge < -0.3 is 236 Å². The van der Waals surface area contributed by atoms with E-state index in [-0.39, 0.29) is 0 Å². The van der Waals surface area contributed by atoms with Crippen molar-refractivity contribution in [2.45, 2.75) is 246 Å². The number of hydrogen-bond acceptors (Lipinski definition) is 48. The van der Waals surface area contributed by atoms with Gasteiger partial charge in [0, 0.05) is 0 Å². The molecular formula is C64H96O56. The van der Waals surface area contributed by atoms with Crippen LogP contribution in [-0.2, 0) is 152 Å². The smallest absolute Gasteiger partial charge is 0.329 e. The molecule has 56 nitrogen and oxygen atoms in total. The summed E-state index contributed by atoms with van der Waals surface area (Å²) in [6.07, 6.45) is -92.8. The third kappa shape index (κ3) is 25.3. The Hall–Kier alpha value is -5.84. The van der Waals surface area contributed by atoms with E-state index in [0.29, 0.717) is 0 Å². The largest absolute Gasteiger partial charge is 0.480 e. The Bertz CT molecular complexity index is 2670. The molecule has 0 aliphatic carbocycles. The molecule has 30 saturated heterocycles. The Balaban J connectivity index is 1.10. The van der Waals surface area contributed by atoms with Crippen LogP contribution in [0, 0.1) is 0 Å². The molecule has 40 atom stereocenters. The topological polar surface area (TPSA) is 844 Å². The second-order valence-corrected chi connectivity index (χ2v) is 28.3. The summed E-state index contributed by atoms with van der Waals surface area (Å²) in [6.45, 7) is -17.5. The van der Waals surface area contributed by atoms with Gasteiger partial charge in [0.2, 0.25) is 0 Å². The summed E-state index contributed by atoms with van der Waals surface area (Å²) in [5, 5.41) is 267. The lowest BCUT2D eigenvalue weighted by Crippen LogP contribution is -2.69. The molecule has 0 amide bonds. The zero-order chi connectivity index (χ0) is 88.0. The van der Waals surface area contributed by atoms with Crippen molar-refractivity contribution in [2.75, 3.05) is 106 Å². The predicted octanol–water partition coefficient (Wildman–Crippen LogP) is -16.5. The Labute approximate surface area is 672 Å². The quantitative estimate of drug-likeness (QED) is 0.0297. The second kappa shape index (κ2) is 44.8. The van der Waals surface area contributed by atoms with Gasteiger partial charge in [0.15, 0.2) is 50.3 Å². The molecule has 0 radical (unpaired) electrons. The summed E-state index contributed by atoms with van der Waals surface area (Å²) in [5.74, 6) is -13.0. The van der Waals surface area contributed by atoms with Gasteiger partial charge in [-0.05, 0) is 0 Å². The minimum atomic E-state index is -2.52. The van der Waals surface area contributed by atoms with Crippen molar-refractivity contribution in [3.05, 3.63) is 0 Å². The molecule has 0 saturated carbocycles. The zero-order valence-electron chi connectivity index (χ0n) is 62.2. The normalized spacial score (nSPS) is 43.5. The van der Waals surface area contributed by atoms with Gasteiger partial charge in [0.05, 0.1) is 52.9 Å². The fourth-order valence-corrected chi connectivity index (χ4v) is 13.9. The van der Waals surface area contributed by atoms with Crippen LogP contribution >= 0.6 is 0 Å². The molecular weight excluding hydrogens is 1660 g/mol. The Morgan fingerprint density at radius 1 is 0.158 bits per heavy atom. The fourth-order valence-electron chi connectivity index (χ4n) is 13.9. The van der Waals surface area contributed by atoms with Gasteiger partial charge in [-0.2, -0.15) is 0 Å². The summed E-state index contributed by atoms with van der Waals surface area (Å²) < 4.78 is 137. The van der Waals surface area contributed by atoms with E-state index in [9.17, 15) is 161 Å². The number of aliphatic hydroxyl groups excluding tert-OH is 16. The molecule has 120 heavy (non-hydrogen) atoms. The maximum absolute atomic E-state index is 12.0. The van der Waals surface area contributed by atoms with E-state index >= 15 is 0 Å². The van der Waals surface area contributed by atoms with E-state index in [1.807, 2.05) is 0 Å². The molecule has 30 aliphatic heterocycles. The lowest BCUT2D eigenvalue weighted by molar-refractivity contribution is -0.405. The highest BCUT2D eigenvalue weighted by atomic mass is 16.8. The minimum Gasteiger partial charge on any atom is -0.480 e. The van der Waals surface area contributed by atoms with Crippen LogP contribution < -0.4 is 0 Å². The number of aliphatic hydroxyl groups is 16. The zero-order valence-corrected chi connectivity index (χ0v) is 62.2. The molecule has 0 aromatic carbocycles. The number of hydrogen-bond donors (Lipinski definition) is 24. The number of rotatable bonds is 32. The lowest BCUT2D eigenvalue weighted by Gasteiger charge is -2.51. The first-order valence-corrected chi connectivity index (χ1v) is 36.5. The van der Waals surface area contributed by atoms with Gasteiger partial charge in [-0.1, -0.05) is 0 Å². The minimum absolute atomic E-state index is 1.03. The van der Waals surface area contributed by atoms with Gasteiger partial charge in [-0.3, -0.25) is 0 Å². The summed E-state index contributed by atoms with van der Waals surface area (Å²) >= 11 is 0. The van der Waals surface area contributed by atoms with Crippen molar-refractivity contribution >= 4 is 47.8 Å². The molecule has 30 fully saturated rings.